The topological polar surface area (TPSA) is 21.3 Å². The second-order valence-electron chi connectivity index (χ2n) is 4.28. The van der Waals surface area contributed by atoms with Crippen molar-refractivity contribution in [2.24, 2.45) is 0 Å². The van der Waals surface area contributed by atoms with E-state index in [0.29, 0.717) is 16.7 Å². The van der Waals surface area contributed by atoms with Crippen LogP contribution in [0, 0.1) is 0 Å². The van der Waals surface area contributed by atoms with Crippen molar-refractivity contribution in [3.8, 4) is 5.75 Å². The van der Waals surface area contributed by atoms with E-state index >= 15 is 0 Å². The van der Waals surface area contributed by atoms with E-state index in [1.807, 2.05) is 37.4 Å². The Labute approximate surface area is 137 Å². The lowest BCUT2D eigenvalue weighted by Crippen LogP contribution is -2.07. The van der Waals surface area contributed by atoms with Crippen LogP contribution in [-0.4, -0.2) is 7.05 Å². The van der Waals surface area contributed by atoms with E-state index in [1.165, 1.54) is 0 Å². The first-order chi connectivity index (χ1) is 9.61. The molecular formula is C15H14BrCl2NO. The molecule has 2 aromatic carbocycles. The van der Waals surface area contributed by atoms with Gasteiger partial charge < -0.3 is 10.1 Å². The minimum atomic E-state index is 0.387. The lowest BCUT2D eigenvalue weighted by molar-refractivity contribution is 0.302. The maximum absolute atomic E-state index is 6.15. The zero-order chi connectivity index (χ0) is 14.5. The molecule has 1 N–H and O–H groups in total. The summed E-state index contributed by atoms with van der Waals surface area (Å²) in [6, 6.07) is 11.5. The molecule has 0 unspecified atom stereocenters. The largest absolute Gasteiger partial charge is 0.489 e. The maximum Gasteiger partial charge on any atom is 0.124 e. The van der Waals surface area contributed by atoms with E-state index in [4.69, 9.17) is 27.9 Å². The molecule has 0 amide bonds. The molecule has 0 fully saturated rings. The van der Waals surface area contributed by atoms with Crippen LogP contribution in [0.15, 0.2) is 40.9 Å². The van der Waals surface area contributed by atoms with Gasteiger partial charge in [0.15, 0.2) is 0 Å². The first-order valence-electron chi connectivity index (χ1n) is 6.10. The standard InChI is InChI=1S/C15H14BrCl2NO/c1-19-8-11-7-12(16)5-6-14(11)20-9-10-3-2-4-13(17)15(10)18/h2-7,19H,8-9H2,1H3. The van der Waals surface area contributed by atoms with E-state index < -0.39 is 0 Å². The van der Waals surface area contributed by atoms with E-state index in [1.54, 1.807) is 6.07 Å². The Morgan fingerprint density at radius 3 is 2.70 bits per heavy atom. The van der Waals surface area contributed by atoms with E-state index in [2.05, 4.69) is 21.2 Å². The number of hydrogen-bond acceptors (Lipinski definition) is 2. The molecule has 0 aromatic heterocycles. The quantitative estimate of drug-likeness (QED) is 0.790. The van der Waals surface area contributed by atoms with Gasteiger partial charge in [-0.05, 0) is 31.3 Å². The molecule has 0 spiro atoms. The van der Waals surface area contributed by atoms with Crippen LogP contribution in [0.25, 0.3) is 0 Å². The van der Waals surface area contributed by atoms with Gasteiger partial charge in [-0.25, -0.2) is 0 Å². The monoisotopic (exact) mass is 373 g/mol. The highest BCUT2D eigenvalue weighted by molar-refractivity contribution is 9.10. The average molecular weight is 375 g/mol. The van der Waals surface area contributed by atoms with Crippen LogP contribution < -0.4 is 10.1 Å². The van der Waals surface area contributed by atoms with E-state index in [9.17, 15) is 0 Å². The number of ether oxygens (including phenoxy) is 1. The summed E-state index contributed by atoms with van der Waals surface area (Å²) < 4.78 is 6.89. The summed E-state index contributed by atoms with van der Waals surface area (Å²) in [5.74, 6) is 0.832. The predicted molar refractivity (Wildman–Crippen MR) is 87.7 cm³/mol. The number of hydrogen-bond donors (Lipinski definition) is 1. The first kappa shape index (κ1) is 15.6. The minimum Gasteiger partial charge on any atom is -0.489 e. The van der Waals surface area contributed by atoms with Crippen LogP contribution in [0.1, 0.15) is 11.1 Å². The number of benzene rings is 2. The molecule has 5 heteroatoms. The zero-order valence-electron chi connectivity index (χ0n) is 10.9. The van der Waals surface area contributed by atoms with Crippen LogP contribution >= 0.6 is 39.1 Å². The molecule has 0 radical (unpaired) electrons. The third-order valence-electron chi connectivity index (χ3n) is 2.80. The summed E-state index contributed by atoms with van der Waals surface area (Å²) >= 11 is 15.6. The lowest BCUT2D eigenvalue weighted by Gasteiger charge is -2.13. The summed E-state index contributed by atoms with van der Waals surface area (Å²) in [4.78, 5) is 0. The van der Waals surface area contributed by atoms with Crippen LogP contribution in [0.2, 0.25) is 10.0 Å². The van der Waals surface area contributed by atoms with Crippen molar-refractivity contribution in [3.05, 3.63) is 62.0 Å². The molecule has 0 aliphatic rings. The molecule has 0 saturated carbocycles. The van der Waals surface area contributed by atoms with Gasteiger partial charge in [0, 0.05) is 22.1 Å². The summed E-state index contributed by atoms with van der Waals surface area (Å²) in [6.45, 7) is 1.12. The van der Waals surface area contributed by atoms with Gasteiger partial charge in [-0.15, -0.1) is 0 Å². The molecule has 2 nitrogen and oxygen atoms in total. The van der Waals surface area contributed by atoms with Crippen LogP contribution in [-0.2, 0) is 13.2 Å². The molecule has 106 valence electrons. The maximum atomic E-state index is 6.15. The average Bonchev–Trinajstić information content (AvgIpc) is 2.42. The minimum absolute atomic E-state index is 0.387. The Bertz CT molecular complexity index is 604. The molecule has 0 saturated heterocycles. The Morgan fingerprint density at radius 2 is 1.95 bits per heavy atom. The van der Waals surface area contributed by atoms with Gasteiger partial charge in [-0.3, -0.25) is 0 Å². The lowest BCUT2D eigenvalue weighted by atomic mass is 10.2. The number of nitrogens with one attached hydrogen (secondary N) is 1. The highest BCUT2D eigenvalue weighted by Crippen LogP contribution is 2.28. The molecule has 20 heavy (non-hydrogen) atoms. The Hall–Kier alpha value is -0.740. The smallest absolute Gasteiger partial charge is 0.124 e. The van der Waals surface area contributed by atoms with Gasteiger partial charge in [0.1, 0.15) is 12.4 Å². The van der Waals surface area contributed by atoms with Crippen molar-refractivity contribution in [2.45, 2.75) is 13.2 Å². The van der Waals surface area contributed by atoms with E-state index in [0.717, 1.165) is 27.9 Å². The van der Waals surface area contributed by atoms with Crippen LogP contribution in [0.3, 0.4) is 0 Å². The van der Waals surface area contributed by atoms with Gasteiger partial charge >= 0.3 is 0 Å². The van der Waals surface area contributed by atoms with E-state index in [-0.39, 0.29) is 0 Å². The van der Waals surface area contributed by atoms with Gasteiger partial charge in [-0.1, -0.05) is 51.3 Å². The third kappa shape index (κ3) is 3.89. The Kier molecular flexibility index (Phi) is 5.73. The summed E-state index contributed by atoms with van der Waals surface area (Å²) in [6.07, 6.45) is 0. The molecule has 2 aromatic rings. The molecule has 0 aliphatic heterocycles. The van der Waals surface area contributed by atoms with Crippen molar-refractivity contribution in [1.82, 2.24) is 5.32 Å². The summed E-state index contributed by atoms with van der Waals surface area (Å²) in [5, 5.41) is 4.21. The van der Waals surface area contributed by atoms with Crippen LogP contribution in [0.5, 0.6) is 5.75 Å². The highest BCUT2D eigenvalue weighted by Gasteiger charge is 2.08. The highest BCUT2D eigenvalue weighted by atomic mass is 79.9. The molecular weight excluding hydrogens is 361 g/mol. The SMILES string of the molecule is CNCc1cc(Br)ccc1OCc1cccc(Cl)c1Cl. The first-order valence-corrected chi connectivity index (χ1v) is 7.65. The van der Waals surface area contributed by atoms with Crippen molar-refractivity contribution < 1.29 is 4.74 Å². The van der Waals surface area contributed by atoms with Gasteiger partial charge in [0.05, 0.1) is 10.0 Å². The number of halogens is 3. The predicted octanol–water partition coefficient (Wildman–Crippen LogP) is 5.05. The third-order valence-corrected chi connectivity index (χ3v) is 4.16. The molecule has 0 atom stereocenters. The van der Waals surface area contributed by atoms with Crippen molar-refractivity contribution in [2.75, 3.05) is 7.05 Å². The van der Waals surface area contributed by atoms with Crippen molar-refractivity contribution >= 4 is 39.1 Å². The summed E-state index contributed by atoms with van der Waals surface area (Å²) in [5.41, 5.74) is 1.96. The van der Waals surface area contributed by atoms with Gasteiger partial charge in [0.2, 0.25) is 0 Å². The molecule has 0 heterocycles. The second-order valence-corrected chi connectivity index (χ2v) is 5.98. The van der Waals surface area contributed by atoms with Gasteiger partial charge in [-0.2, -0.15) is 0 Å². The fourth-order valence-electron chi connectivity index (χ4n) is 1.83. The zero-order valence-corrected chi connectivity index (χ0v) is 14.0. The summed E-state index contributed by atoms with van der Waals surface area (Å²) in [7, 11) is 1.90. The molecule has 0 aliphatic carbocycles. The van der Waals surface area contributed by atoms with Crippen LogP contribution in [0.4, 0.5) is 0 Å². The normalized spacial score (nSPS) is 10.6. The molecule has 0 bridgehead atoms. The second kappa shape index (κ2) is 7.32. The number of rotatable bonds is 5. The Balaban J connectivity index is 2.16. The fraction of sp³-hybridized carbons (Fsp3) is 0.200. The van der Waals surface area contributed by atoms with Gasteiger partial charge in [0.25, 0.3) is 0 Å². The fourth-order valence-corrected chi connectivity index (χ4v) is 2.62. The Morgan fingerprint density at radius 1 is 1.15 bits per heavy atom. The molecule has 2 rings (SSSR count). The van der Waals surface area contributed by atoms with Crippen molar-refractivity contribution in [3.63, 3.8) is 0 Å². The van der Waals surface area contributed by atoms with Crippen molar-refractivity contribution in [1.29, 1.82) is 0 Å².